The topological polar surface area (TPSA) is 142 Å². The number of hydrogen-bond donors (Lipinski definition) is 4. The Bertz CT molecular complexity index is 672. The van der Waals surface area contributed by atoms with Crippen molar-refractivity contribution in [2.24, 2.45) is 0 Å². The molecule has 2 atom stereocenters. The minimum atomic E-state index is -1.39. The molecular formula is C31H58N2O7. The van der Waals surface area contributed by atoms with Crippen molar-refractivity contribution in [3.8, 4) is 0 Å². The predicted octanol–water partition coefficient (Wildman–Crippen LogP) is 5.81. The molecule has 0 saturated heterocycles. The van der Waals surface area contributed by atoms with Crippen LogP contribution in [0.5, 0.6) is 0 Å². The zero-order valence-corrected chi connectivity index (χ0v) is 25.4. The number of amides is 2. The van der Waals surface area contributed by atoms with Crippen LogP contribution in [-0.2, 0) is 23.9 Å². The summed E-state index contributed by atoms with van der Waals surface area (Å²) in [6.07, 6.45) is 21.5. The summed E-state index contributed by atoms with van der Waals surface area (Å²) in [6.45, 7) is 3.36. The summed E-state index contributed by atoms with van der Waals surface area (Å²) < 4.78 is 5.84. The summed E-state index contributed by atoms with van der Waals surface area (Å²) in [6, 6.07) is -1.39. The first-order valence-corrected chi connectivity index (χ1v) is 15.9. The van der Waals surface area contributed by atoms with Crippen molar-refractivity contribution in [3.05, 3.63) is 0 Å². The molecule has 0 heterocycles. The molecule has 0 aliphatic rings. The molecule has 0 radical (unpaired) electrons. The lowest BCUT2D eigenvalue weighted by Gasteiger charge is -2.18. The third-order valence-corrected chi connectivity index (χ3v) is 7.10. The average molecular weight is 571 g/mol. The fraction of sp³-hybridized carbons (Fsp3) is 0.871. The Balaban J connectivity index is 4.13. The molecule has 0 aromatic carbocycles. The number of esters is 1. The van der Waals surface area contributed by atoms with Gasteiger partial charge < -0.3 is 25.6 Å². The summed E-state index contributed by atoms with van der Waals surface area (Å²) in [5.74, 6) is -2.38. The van der Waals surface area contributed by atoms with Gasteiger partial charge in [0.25, 0.3) is 0 Å². The molecule has 0 saturated carbocycles. The number of carbonyl (C=O) groups is 4. The molecule has 40 heavy (non-hydrogen) atoms. The molecule has 0 spiro atoms. The summed E-state index contributed by atoms with van der Waals surface area (Å²) >= 11 is 0. The molecule has 9 heteroatoms. The fourth-order valence-electron chi connectivity index (χ4n) is 4.59. The molecule has 0 aliphatic heterocycles. The highest BCUT2D eigenvalue weighted by atomic mass is 16.5. The van der Waals surface area contributed by atoms with Gasteiger partial charge >= 0.3 is 11.9 Å². The van der Waals surface area contributed by atoms with Crippen molar-refractivity contribution >= 4 is 23.8 Å². The maximum absolute atomic E-state index is 12.5. The Morgan fingerprint density at radius 1 is 0.650 bits per heavy atom. The number of carboxylic acids is 1. The van der Waals surface area contributed by atoms with Gasteiger partial charge in [-0.3, -0.25) is 14.4 Å². The Hall–Kier alpha value is -2.16. The molecule has 2 amide bonds. The van der Waals surface area contributed by atoms with Crippen LogP contribution in [0.15, 0.2) is 0 Å². The average Bonchev–Trinajstić information content (AvgIpc) is 2.93. The van der Waals surface area contributed by atoms with Crippen LogP contribution in [-0.4, -0.2) is 59.3 Å². The van der Waals surface area contributed by atoms with Crippen LogP contribution in [0.2, 0.25) is 0 Å². The van der Waals surface area contributed by atoms with E-state index in [1.54, 1.807) is 0 Å². The zero-order chi connectivity index (χ0) is 29.8. The molecule has 0 aliphatic carbocycles. The van der Waals surface area contributed by atoms with Crippen molar-refractivity contribution < 1.29 is 34.1 Å². The van der Waals surface area contributed by atoms with Gasteiger partial charge in [0.15, 0.2) is 0 Å². The number of aliphatic hydroxyl groups is 1. The van der Waals surface area contributed by atoms with E-state index in [1.807, 2.05) is 0 Å². The normalized spacial score (nSPS) is 12.5. The van der Waals surface area contributed by atoms with Crippen LogP contribution in [0.25, 0.3) is 0 Å². The Morgan fingerprint density at radius 2 is 1.12 bits per heavy atom. The smallest absolute Gasteiger partial charge is 0.328 e. The lowest BCUT2D eigenvalue weighted by Crippen LogP contribution is -2.47. The van der Waals surface area contributed by atoms with E-state index in [0.717, 1.165) is 57.8 Å². The van der Waals surface area contributed by atoms with E-state index in [9.17, 15) is 19.2 Å². The predicted molar refractivity (Wildman–Crippen MR) is 158 cm³/mol. The van der Waals surface area contributed by atoms with Gasteiger partial charge in [0.05, 0.1) is 13.2 Å². The van der Waals surface area contributed by atoms with E-state index < -0.39 is 24.5 Å². The third-order valence-electron chi connectivity index (χ3n) is 7.10. The van der Waals surface area contributed by atoms with E-state index in [4.69, 9.17) is 14.9 Å². The molecule has 0 aromatic rings. The lowest BCUT2D eigenvalue weighted by atomic mass is 10.0. The standard InChI is InChI=1S/C31H58N2O7/c1-3-5-7-9-10-11-12-13-14-19-23-30(37)40-26(20-16-8-6-4-2)21-17-15-18-22-28(35)32-24-29(36)33-27(25-34)31(38)39/h26-27,34H,3-25H2,1-2H3,(H,32,35)(H,33,36)(H,38,39). The number of carbonyl (C=O) groups excluding carboxylic acids is 3. The van der Waals surface area contributed by atoms with E-state index in [1.165, 1.54) is 57.8 Å². The van der Waals surface area contributed by atoms with E-state index in [-0.39, 0.29) is 30.9 Å². The van der Waals surface area contributed by atoms with Gasteiger partial charge in [-0.1, -0.05) is 97.3 Å². The zero-order valence-electron chi connectivity index (χ0n) is 25.4. The Labute approximate surface area is 242 Å². The number of ether oxygens (including phenoxy) is 1. The fourth-order valence-corrected chi connectivity index (χ4v) is 4.59. The number of aliphatic carboxylic acids is 1. The Morgan fingerprint density at radius 3 is 1.65 bits per heavy atom. The molecule has 9 nitrogen and oxygen atoms in total. The number of nitrogens with one attached hydrogen (secondary N) is 2. The first-order valence-electron chi connectivity index (χ1n) is 15.9. The summed E-state index contributed by atoms with van der Waals surface area (Å²) in [5, 5.41) is 22.4. The molecule has 0 fully saturated rings. The first kappa shape index (κ1) is 37.8. The SMILES string of the molecule is CCCCCCCCCCCCC(=O)OC(CCCCCC)CCCCCC(=O)NCC(=O)NC(CO)C(=O)O. The van der Waals surface area contributed by atoms with Crippen molar-refractivity contribution in [3.63, 3.8) is 0 Å². The number of aliphatic hydroxyl groups excluding tert-OH is 1. The van der Waals surface area contributed by atoms with Crippen molar-refractivity contribution in [1.82, 2.24) is 10.6 Å². The van der Waals surface area contributed by atoms with Gasteiger partial charge in [-0.25, -0.2) is 4.79 Å². The van der Waals surface area contributed by atoms with Crippen molar-refractivity contribution in [1.29, 1.82) is 0 Å². The second-order valence-corrected chi connectivity index (χ2v) is 10.9. The van der Waals surface area contributed by atoms with Crippen LogP contribution < -0.4 is 10.6 Å². The third kappa shape index (κ3) is 23.7. The van der Waals surface area contributed by atoms with Gasteiger partial charge in [-0.2, -0.15) is 0 Å². The van der Waals surface area contributed by atoms with Crippen LogP contribution in [0.1, 0.15) is 149 Å². The second-order valence-electron chi connectivity index (χ2n) is 10.9. The quantitative estimate of drug-likeness (QED) is 0.0687. The van der Waals surface area contributed by atoms with E-state index in [0.29, 0.717) is 12.8 Å². The van der Waals surface area contributed by atoms with Crippen LogP contribution in [0.4, 0.5) is 0 Å². The summed E-state index contributed by atoms with van der Waals surface area (Å²) in [4.78, 5) is 47.0. The maximum Gasteiger partial charge on any atom is 0.328 e. The highest BCUT2D eigenvalue weighted by Crippen LogP contribution is 2.17. The minimum absolute atomic E-state index is 0.0706. The summed E-state index contributed by atoms with van der Waals surface area (Å²) in [5.41, 5.74) is 0. The van der Waals surface area contributed by atoms with Crippen molar-refractivity contribution in [2.45, 2.75) is 161 Å². The second kappa shape index (κ2) is 27.0. The Kier molecular flexibility index (Phi) is 25.6. The molecule has 0 bridgehead atoms. The van der Waals surface area contributed by atoms with Gasteiger partial charge in [0.1, 0.15) is 12.1 Å². The number of rotatable bonds is 28. The van der Waals surface area contributed by atoms with Gasteiger partial charge in [-0.15, -0.1) is 0 Å². The van der Waals surface area contributed by atoms with Crippen LogP contribution in [0.3, 0.4) is 0 Å². The van der Waals surface area contributed by atoms with Crippen LogP contribution >= 0.6 is 0 Å². The molecule has 2 unspecified atom stereocenters. The molecule has 4 N–H and O–H groups in total. The lowest BCUT2D eigenvalue weighted by molar-refractivity contribution is -0.150. The van der Waals surface area contributed by atoms with Crippen molar-refractivity contribution in [2.75, 3.05) is 13.2 Å². The number of hydrogen-bond acceptors (Lipinski definition) is 6. The largest absolute Gasteiger partial charge is 0.480 e. The molecule has 0 rings (SSSR count). The van der Waals surface area contributed by atoms with Crippen LogP contribution in [0, 0.1) is 0 Å². The molecule has 0 aromatic heterocycles. The van der Waals surface area contributed by atoms with Gasteiger partial charge in [-0.05, 0) is 38.5 Å². The first-order chi connectivity index (χ1) is 19.3. The maximum atomic E-state index is 12.5. The number of unbranched alkanes of at least 4 members (excludes halogenated alkanes) is 14. The molecule has 234 valence electrons. The van der Waals surface area contributed by atoms with E-state index in [2.05, 4.69) is 24.5 Å². The highest BCUT2D eigenvalue weighted by molar-refractivity contribution is 5.87. The number of carboxylic acid groups (broad SMARTS) is 1. The van der Waals surface area contributed by atoms with E-state index >= 15 is 0 Å². The highest BCUT2D eigenvalue weighted by Gasteiger charge is 2.19. The summed E-state index contributed by atoms with van der Waals surface area (Å²) in [7, 11) is 0. The van der Waals surface area contributed by atoms with Gasteiger partial charge in [0, 0.05) is 12.8 Å². The molecular weight excluding hydrogens is 512 g/mol. The monoisotopic (exact) mass is 570 g/mol. The minimum Gasteiger partial charge on any atom is -0.480 e. The van der Waals surface area contributed by atoms with Gasteiger partial charge in [0.2, 0.25) is 11.8 Å².